The van der Waals surface area contributed by atoms with Crippen LogP contribution in [0, 0.1) is 17.8 Å². The topological polar surface area (TPSA) is 105 Å². The predicted octanol–water partition coefficient (Wildman–Crippen LogP) is 1.39. The van der Waals surface area contributed by atoms with E-state index in [1.807, 2.05) is 13.8 Å². The molecule has 1 saturated carbocycles. The van der Waals surface area contributed by atoms with E-state index < -0.39 is 41.1 Å². The van der Waals surface area contributed by atoms with Crippen LogP contribution in [0.3, 0.4) is 0 Å². The molecule has 1 spiro atoms. The van der Waals surface area contributed by atoms with Crippen LogP contribution in [0.5, 0.6) is 0 Å². The third-order valence-corrected chi connectivity index (χ3v) is 8.23. The second-order valence-corrected chi connectivity index (χ2v) is 10.1. The fourth-order valence-corrected chi connectivity index (χ4v) is 6.66. The SMILES string of the molecule is CCOC(=O)[C@@H]1[C@H]2C(=O)N([C@H](C)CO)C(C(=O)NC3CCCCC3)C23CC(C)[C@@]1(C)O3. The van der Waals surface area contributed by atoms with Gasteiger partial charge in [-0.1, -0.05) is 26.2 Å². The molecule has 4 aliphatic rings. The van der Waals surface area contributed by atoms with Gasteiger partial charge in [-0.3, -0.25) is 14.4 Å². The highest BCUT2D eigenvalue weighted by atomic mass is 16.6. The van der Waals surface area contributed by atoms with Gasteiger partial charge in [-0.15, -0.1) is 0 Å². The fraction of sp³-hybridized carbons (Fsp3) is 0.870. The molecule has 0 aromatic carbocycles. The van der Waals surface area contributed by atoms with E-state index in [4.69, 9.17) is 9.47 Å². The zero-order valence-corrected chi connectivity index (χ0v) is 19.1. The third-order valence-electron chi connectivity index (χ3n) is 8.23. The molecule has 4 rings (SSSR count). The number of hydrogen-bond donors (Lipinski definition) is 2. The Hall–Kier alpha value is -1.67. The van der Waals surface area contributed by atoms with Crippen molar-refractivity contribution < 1.29 is 29.0 Å². The first-order valence-electron chi connectivity index (χ1n) is 11.8. The molecule has 7 atom stereocenters. The molecule has 31 heavy (non-hydrogen) atoms. The van der Waals surface area contributed by atoms with Gasteiger partial charge >= 0.3 is 5.97 Å². The monoisotopic (exact) mass is 436 g/mol. The Morgan fingerprint density at radius 2 is 2.00 bits per heavy atom. The van der Waals surface area contributed by atoms with Crippen LogP contribution in [0.25, 0.3) is 0 Å². The maximum atomic E-state index is 13.7. The normalized spacial score (nSPS) is 40.7. The van der Waals surface area contributed by atoms with Crippen molar-refractivity contribution in [1.82, 2.24) is 10.2 Å². The highest BCUT2D eigenvalue weighted by Gasteiger charge is 2.80. The highest BCUT2D eigenvalue weighted by molar-refractivity contribution is 5.98. The molecule has 3 aliphatic heterocycles. The quantitative estimate of drug-likeness (QED) is 0.610. The average Bonchev–Trinajstić information content (AvgIpc) is 3.25. The van der Waals surface area contributed by atoms with E-state index in [1.54, 1.807) is 13.8 Å². The summed E-state index contributed by atoms with van der Waals surface area (Å²) in [6.45, 7) is 7.30. The minimum absolute atomic E-state index is 0.0136. The van der Waals surface area contributed by atoms with Crippen LogP contribution in [0.2, 0.25) is 0 Å². The van der Waals surface area contributed by atoms with Gasteiger partial charge in [-0.25, -0.2) is 0 Å². The number of hydrogen-bond acceptors (Lipinski definition) is 6. The van der Waals surface area contributed by atoms with Crippen LogP contribution in [0.15, 0.2) is 0 Å². The van der Waals surface area contributed by atoms with Gasteiger partial charge in [-0.2, -0.15) is 0 Å². The summed E-state index contributed by atoms with van der Waals surface area (Å²) in [6, 6.07) is -1.33. The van der Waals surface area contributed by atoms with E-state index in [-0.39, 0.29) is 37.0 Å². The van der Waals surface area contributed by atoms with Crippen molar-refractivity contribution in [3.8, 4) is 0 Å². The first-order chi connectivity index (χ1) is 14.7. The van der Waals surface area contributed by atoms with Crippen LogP contribution < -0.4 is 5.32 Å². The molecule has 0 radical (unpaired) electrons. The molecule has 2 amide bonds. The maximum Gasteiger partial charge on any atom is 0.312 e. The van der Waals surface area contributed by atoms with Crippen molar-refractivity contribution in [1.29, 1.82) is 0 Å². The van der Waals surface area contributed by atoms with Crippen LogP contribution in [-0.4, -0.2) is 70.3 Å². The molecule has 3 heterocycles. The number of nitrogens with one attached hydrogen (secondary N) is 1. The number of fused-ring (bicyclic) bond motifs is 1. The summed E-state index contributed by atoms with van der Waals surface area (Å²) in [5, 5.41) is 13.0. The number of ether oxygens (including phenoxy) is 2. The van der Waals surface area contributed by atoms with Gasteiger partial charge in [0.2, 0.25) is 11.8 Å². The van der Waals surface area contributed by atoms with E-state index >= 15 is 0 Å². The lowest BCUT2D eigenvalue weighted by molar-refractivity contribution is -0.162. The van der Waals surface area contributed by atoms with Crippen molar-refractivity contribution in [3.05, 3.63) is 0 Å². The lowest BCUT2D eigenvalue weighted by Crippen LogP contribution is -2.59. The number of amides is 2. The molecule has 4 fully saturated rings. The summed E-state index contributed by atoms with van der Waals surface area (Å²) in [7, 11) is 0. The second kappa shape index (κ2) is 8.03. The molecule has 2 bridgehead atoms. The summed E-state index contributed by atoms with van der Waals surface area (Å²) in [5.74, 6) is -2.52. The average molecular weight is 437 g/mol. The van der Waals surface area contributed by atoms with Crippen molar-refractivity contribution in [2.45, 2.75) is 95.5 Å². The van der Waals surface area contributed by atoms with Crippen molar-refractivity contribution >= 4 is 17.8 Å². The molecule has 8 nitrogen and oxygen atoms in total. The number of rotatable bonds is 6. The lowest BCUT2D eigenvalue weighted by Gasteiger charge is -2.37. The zero-order chi connectivity index (χ0) is 22.6. The van der Waals surface area contributed by atoms with Gasteiger partial charge in [0, 0.05) is 6.04 Å². The summed E-state index contributed by atoms with van der Waals surface area (Å²) in [4.78, 5) is 41.8. The van der Waals surface area contributed by atoms with E-state index in [0.717, 1.165) is 25.7 Å². The standard InChI is InChI=1S/C23H36N2O6/c1-5-30-21(29)17-16-20(28)25(14(3)12-26)18(19(27)24-15-9-7-6-8-10-15)23(16)11-13(2)22(17,4)31-23/h13-18,26H,5-12H2,1-4H3,(H,24,27)/t13?,14-,16+,17+,18?,22-,23?/m1/s1. The maximum absolute atomic E-state index is 13.7. The zero-order valence-electron chi connectivity index (χ0n) is 19.1. The second-order valence-electron chi connectivity index (χ2n) is 10.1. The first-order valence-corrected chi connectivity index (χ1v) is 11.8. The Kier molecular flexibility index (Phi) is 5.83. The Morgan fingerprint density at radius 1 is 1.32 bits per heavy atom. The third kappa shape index (κ3) is 3.20. The predicted molar refractivity (Wildman–Crippen MR) is 112 cm³/mol. The van der Waals surface area contributed by atoms with E-state index in [1.165, 1.54) is 11.3 Å². The van der Waals surface area contributed by atoms with Crippen molar-refractivity contribution in [2.75, 3.05) is 13.2 Å². The molecule has 1 aliphatic carbocycles. The minimum Gasteiger partial charge on any atom is -0.466 e. The molecule has 8 heteroatoms. The molecular formula is C23H36N2O6. The van der Waals surface area contributed by atoms with E-state index in [0.29, 0.717) is 6.42 Å². The molecule has 0 aromatic heterocycles. The molecule has 2 N–H and O–H groups in total. The van der Waals surface area contributed by atoms with Crippen LogP contribution in [0.1, 0.15) is 66.2 Å². The Bertz CT molecular complexity index is 752. The summed E-state index contributed by atoms with van der Waals surface area (Å²) < 4.78 is 11.9. The lowest BCUT2D eigenvalue weighted by atomic mass is 9.62. The number of aliphatic hydroxyl groups is 1. The largest absolute Gasteiger partial charge is 0.466 e. The number of carbonyl (C=O) groups excluding carboxylic acids is 3. The number of carbonyl (C=O) groups is 3. The van der Waals surface area contributed by atoms with E-state index in [2.05, 4.69) is 5.32 Å². The van der Waals surface area contributed by atoms with Gasteiger partial charge in [0.05, 0.1) is 30.8 Å². The highest BCUT2D eigenvalue weighted by Crippen LogP contribution is 2.65. The van der Waals surface area contributed by atoms with Gasteiger partial charge in [0.1, 0.15) is 17.6 Å². The van der Waals surface area contributed by atoms with Crippen LogP contribution in [0.4, 0.5) is 0 Å². The summed E-state index contributed by atoms with van der Waals surface area (Å²) >= 11 is 0. The van der Waals surface area contributed by atoms with Crippen molar-refractivity contribution in [2.24, 2.45) is 17.8 Å². The number of esters is 1. The summed E-state index contributed by atoms with van der Waals surface area (Å²) in [6.07, 6.45) is 5.71. The van der Waals surface area contributed by atoms with Crippen LogP contribution >= 0.6 is 0 Å². The minimum atomic E-state index is -1.08. The molecule has 3 unspecified atom stereocenters. The smallest absolute Gasteiger partial charge is 0.312 e. The molecule has 174 valence electrons. The first kappa shape index (κ1) is 22.5. The van der Waals surface area contributed by atoms with E-state index in [9.17, 15) is 19.5 Å². The number of nitrogens with zero attached hydrogens (tertiary/aromatic N) is 1. The van der Waals surface area contributed by atoms with Gasteiger partial charge in [-0.05, 0) is 46.0 Å². The number of aliphatic hydroxyl groups excluding tert-OH is 1. The Balaban J connectivity index is 1.73. The van der Waals surface area contributed by atoms with Gasteiger partial charge in [0.25, 0.3) is 0 Å². The molecule has 0 aromatic rings. The fourth-order valence-electron chi connectivity index (χ4n) is 6.66. The Morgan fingerprint density at radius 3 is 2.61 bits per heavy atom. The van der Waals surface area contributed by atoms with Gasteiger partial charge < -0.3 is 24.8 Å². The van der Waals surface area contributed by atoms with Crippen molar-refractivity contribution in [3.63, 3.8) is 0 Å². The molecule has 3 saturated heterocycles. The molecular weight excluding hydrogens is 400 g/mol. The van der Waals surface area contributed by atoms with Crippen LogP contribution in [-0.2, 0) is 23.9 Å². The Labute approximate surface area is 184 Å². The van der Waals surface area contributed by atoms with Gasteiger partial charge in [0.15, 0.2) is 0 Å². The summed E-state index contributed by atoms with van der Waals surface area (Å²) in [5.41, 5.74) is -1.94. The number of likely N-dealkylation sites (tertiary alicyclic amines) is 1.